The number of nitrogens with zero attached hydrogens (tertiary/aromatic N) is 1. The quantitative estimate of drug-likeness (QED) is 0.339. The van der Waals surface area contributed by atoms with E-state index in [0.717, 1.165) is 0 Å². The molecule has 30 heavy (non-hydrogen) atoms. The molecule has 1 aliphatic heterocycles. The van der Waals surface area contributed by atoms with Crippen LogP contribution in [0.2, 0.25) is 13.1 Å². The first-order valence-electron chi connectivity index (χ1n) is 9.67. The number of allylic oxidation sites excluding steroid dienone is 10. The molecule has 4 aliphatic rings. The maximum absolute atomic E-state index is 3.39. The van der Waals surface area contributed by atoms with E-state index >= 15 is 0 Å². The first-order chi connectivity index (χ1) is 13.0. The maximum Gasteiger partial charge on any atom is -1.00 e. The Morgan fingerprint density at radius 2 is 1.77 bits per heavy atom. The predicted octanol–water partition coefficient (Wildman–Crippen LogP) is 0.327. The van der Waals surface area contributed by atoms with Crippen molar-refractivity contribution < 1.29 is 48.1 Å². The zero-order valence-corrected chi connectivity index (χ0v) is 24.9. The van der Waals surface area contributed by atoms with Gasteiger partial charge in [-0.15, -0.1) is 52.7 Å². The van der Waals surface area contributed by atoms with Crippen molar-refractivity contribution in [2.75, 3.05) is 6.26 Å². The third-order valence-corrected chi connectivity index (χ3v) is 5.20. The summed E-state index contributed by atoms with van der Waals surface area (Å²) in [7, 11) is 0. The molecule has 1 nitrogen and oxygen atoms in total. The minimum absolute atomic E-state index is 0. The number of halogens is 2. The van der Waals surface area contributed by atoms with Crippen LogP contribution in [0.4, 0.5) is 0 Å². The van der Waals surface area contributed by atoms with E-state index in [1.165, 1.54) is 32.9 Å². The summed E-state index contributed by atoms with van der Waals surface area (Å²) >= 11 is 3.52. The molecule has 0 fully saturated rings. The van der Waals surface area contributed by atoms with Gasteiger partial charge in [-0.25, -0.2) is 0 Å². The third kappa shape index (κ3) is 7.85. The standard InChI is InChI=1S/C13H18N.C9H7S.C2H6Si.2ClH.Zr/c1-9-6-11-8-10(2)14(12(11)7-9)13(3,4)5;1-10-9-6-5-7-3-2-4-8(7)9;1-3-2;;;/h7-8,10H,1-5H3;2-3,5-6H,1H3;1-2H3;2*1H;/q2*-1;;;;+2/p-2. The average molecular weight is 556 g/mol. The van der Waals surface area contributed by atoms with E-state index in [4.69, 9.17) is 0 Å². The Labute approximate surface area is 215 Å². The third-order valence-electron chi connectivity index (χ3n) is 4.42. The van der Waals surface area contributed by atoms with Crippen molar-refractivity contribution in [3.05, 3.63) is 81.5 Å². The summed E-state index contributed by atoms with van der Waals surface area (Å²) < 4.78 is 0. The van der Waals surface area contributed by atoms with Crippen LogP contribution >= 0.6 is 11.8 Å². The van der Waals surface area contributed by atoms with Crippen molar-refractivity contribution in [2.24, 2.45) is 0 Å². The summed E-state index contributed by atoms with van der Waals surface area (Å²) in [5.74, 6) is 0. The fourth-order valence-corrected chi connectivity index (χ4v) is 4.17. The van der Waals surface area contributed by atoms with E-state index in [1.54, 1.807) is 35.1 Å². The van der Waals surface area contributed by atoms with Gasteiger partial charge in [-0.2, -0.15) is 23.9 Å². The van der Waals surface area contributed by atoms with Crippen molar-refractivity contribution in [1.29, 1.82) is 0 Å². The number of thioether (sulfide) groups is 1. The molecule has 1 atom stereocenters. The molecule has 0 aromatic carbocycles. The molecule has 162 valence electrons. The largest absolute Gasteiger partial charge is 1.00 e. The van der Waals surface area contributed by atoms with Crippen molar-refractivity contribution in [3.8, 4) is 0 Å². The Kier molecular flexibility index (Phi) is 12.9. The molecule has 4 rings (SSSR count). The summed E-state index contributed by atoms with van der Waals surface area (Å²) in [4.78, 5) is 3.80. The van der Waals surface area contributed by atoms with Gasteiger partial charge in [0.25, 0.3) is 0 Å². The fourth-order valence-electron chi connectivity index (χ4n) is 3.58. The van der Waals surface area contributed by atoms with Crippen molar-refractivity contribution in [1.82, 2.24) is 4.90 Å². The molecule has 1 unspecified atom stereocenters. The number of hydrogen-bond donors (Lipinski definition) is 0. The van der Waals surface area contributed by atoms with Crippen LogP contribution in [0, 0.1) is 12.2 Å². The zero-order valence-electron chi connectivity index (χ0n) is 19.2. The van der Waals surface area contributed by atoms with Crippen LogP contribution in [0.3, 0.4) is 0 Å². The predicted molar refractivity (Wildman–Crippen MR) is 123 cm³/mol. The molecule has 0 radical (unpaired) electrons. The number of fused-ring (bicyclic) bond motifs is 2. The number of hydrogen-bond acceptors (Lipinski definition) is 2. The Morgan fingerprint density at radius 3 is 2.30 bits per heavy atom. The minimum atomic E-state index is 0. The second-order valence-electron chi connectivity index (χ2n) is 8.41. The van der Waals surface area contributed by atoms with Crippen molar-refractivity contribution >= 4 is 17.2 Å². The first kappa shape index (κ1) is 30.0. The Hall–Kier alpha value is 0.0100. The van der Waals surface area contributed by atoms with E-state index in [9.17, 15) is 0 Å². The summed E-state index contributed by atoms with van der Waals surface area (Å²) in [6.07, 6.45) is 21.6. The summed E-state index contributed by atoms with van der Waals surface area (Å²) in [5, 5.41) is 0. The fraction of sp³-hybridized carbons (Fsp3) is 0.417. The number of rotatable bonds is 1. The molecule has 0 bridgehead atoms. The van der Waals surface area contributed by atoms with Crippen LogP contribution in [-0.2, 0) is 23.3 Å². The molecule has 0 saturated carbocycles. The van der Waals surface area contributed by atoms with Crippen molar-refractivity contribution in [3.63, 3.8) is 0 Å². The smallest absolute Gasteiger partial charge is 1.00 e. The van der Waals surface area contributed by atoms with E-state index in [0.29, 0.717) is 6.04 Å². The van der Waals surface area contributed by atoms with Gasteiger partial charge in [0.2, 0.25) is 0 Å². The van der Waals surface area contributed by atoms with Crippen molar-refractivity contribution in [2.45, 2.75) is 59.3 Å². The zero-order chi connectivity index (χ0) is 21.1. The van der Waals surface area contributed by atoms with Gasteiger partial charge in [0.05, 0.1) is 0 Å². The Morgan fingerprint density at radius 1 is 1.17 bits per heavy atom. The topological polar surface area (TPSA) is 3.24 Å². The normalized spacial score (nSPS) is 19.8. The average Bonchev–Trinajstić information content (AvgIpc) is 3.25. The monoisotopic (exact) mass is 553 g/mol. The molecular formula is C24H31Cl2NSSiZr-2. The van der Waals surface area contributed by atoms with Gasteiger partial charge in [0.1, 0.15) is 0 Å². The molecule has 0 aromatic heterocycles. The molecule has 0 N–H and O–H groups in total. The molecule has 6 heteroatoms. The Bertz CT molecular complexity index is 866. The van der Waals surface area contributed by atoms with Gasteiger partial charge in [-0.3, -0.25) is 0 Å². The van der Waals surface area contributed by atoms with Crippen LogP contribution in [0.1, 0.15) is 34.6 Å². The SMILES string of the molecule is CC1=[C-]C2=CC(C)N(C(C)(C)C)C2=C1.CSC1=C2[C-]=CC=C2C=C1.C[Si](C)=[Zr+2].[Cl-].[Cl-]. The van der Waals surface area contributed by atoms with Crippen LogP contribution in [0.5, 0.6) is 0 Å². The molecule has 1 heterocycles. The van der Waals surface area contributed by atoms with E-state index in [2.05, 4.69) is 101 Å². The van der Waals surface area contributed by atoms with Crippen LogP contribution in [0.15, 0.2) is 69.4 Å². The first-order valence-corrected chi connectivity index (χ1v) is 17.1. The Balaban J connectivity index is 0.000000465. The molecule has 0 saturated heterocycles. The van der Waals surface area contributed by atoms with Crippen LogP contribution in [-0.4, -0.2) is 28.2 Å². The summed E-state index contributed by atoms with van der Waals surface area (Å²) in [6.45, 7) is 15.7. The van der Waals surface area contributed by atoms with Gasteiger partial charge >= 0.3 is 41.9 Å². The molecule has 0 amide bonds. The molecular weight excluding hydrogens is 525 g/mol. The van der Waals surface area contributed by atoms with Crippen LogP contribution < -0.4 is 24.8 Å². The van der Waals surface area contributed by atoms with E-state index < -0.39 is 0 Å². The maximum atomic E-state index is 3.39. The van der Waals surface area contributed by atoms with Crippen LogP contribution in [0.25, 0.3) is 0 Å². The van der Waals surface area contributed by atoms with E-state index in [1.807, 2.05) is 6.08 Å². The second-order valence-corrected chi connectivity index (χ2v) is 18.6. The second kappa shape index (κ2) is 12.9. The van der Waals surface area contributed by atoms with Gasteiger partial charge in [-0.1, -0.05) is 30.5 Å². The molecule has 3 aliphatic carbocycles. The summed E-state index contributed by atoms with van der Waals surface area (Å²) in [5.41, 5.74) is 6.86. The summed E-state index contributed by atoms with van der Waals surface area (Å²) in [6, 6.07) is 0.497. The van der Waals surface area contributed by atoms with E-state index in [-0.39, 0.29) is 35.8 Å². The molecule has 0 aromatic rings. The van der Waals surface area contributed by atoms with Gasteiger partial charge in [0, 0.05) is 11.6 Å². The minimum Gasteiger partial charge on any atom is -1.00 e. The molecule has 0 spiro atoms. The van der Waals surface area contributed by atoms with Gasteiger partial charge in [-0.05, 0) is 27.0 Å². The van der Waals surface area contributed by atoms with Gasteiger partial charge < -0.3 is 29.7 Å². The van der Waals surface area contributed by atoms with Gasteiger partial charge in [0.15, 0.2) is 0 Å².